The molecule has 8 heteroatoms. The predicted molar refractivity (Wildman–Crippen MR) is 133 cm³/mol. The minimum atomic E-state index is -4.38. The van der Waals surface area contributed by atoms with E-state index in [1.54, 1.807) is 6.07 Å². The molecule has 0 atom stereocenters. The lowest BCUT2D eigenvalue weighted by atomic mass is 9.72. The third kappa shape index (κ3) is 5.48. The lowest BCUT2D eigenvalue weighted by Crippen LogP contribution is -2.53. The highest BCUT2D eigenvalue weighted by molar-refractivity contribution is 5.78. The van der Waals surface area contributed by atoms with Crippen LogP contribution in [0.1, 0.15) is 35.1 Å². The van der Waals surface area contributed by atoms with E-state index in [0.29, 0.717) is 38.0 Å². The Hall–Kier alpha value is -2.58. The highest BCUT2D eigenvalue weighted by Gasteiger charge is 2.38. The monoisotopic (exact) mass is 488 g/mol. The van der Waals surface area contributed by atoms with Gasteiger partial charge in [-0.05, 0) is 55.5 Å². The zero-order chi connectivity index (χ0) is 25.2. The first-order chi connectivity index (χ1) is 16.6. The fraction of sp³-hybridized carbons (Fsp3) is 0.519. The fourth-order valence-electron chi connectivity index (χ4n) is 5.34. The molecule has 0 bridgehead atoms. The summed E-state index contributed by atoms with van der Waals surface area (Å²) >= 11 is 0. The molecule has 0 aliphatic carbocycles. The lowest BCUT2D eigenvalue weighted by molar-refractivity contribution is -0.137. The number of rotatable bonds is 5. The van der Waals surface area contributed by atoms with Gasteiger partial charge in [0, 0.05) is 56.9 Å². The zero-order valence-electron chi connectivity index (χ0n) is 20.6. The Morgan fingerprint density at radius 2 is 1.63 bits per heavy atom. The molecule has 2 aromatic carbocycles. The van der Waals surface area contributed by atoms with Crippen molar-refractivity contribution in [1.29, 1.82) is 0 Å². The van der Waals surface area contributed by atoms with Gasteiger partial charge in [0.1, 0.15) is 0 Å². The van der Waals surface area contributed by atoms with Gasteiger partial charge >= 0.3 is 6.18 Å². The normalized spacial score (nSPS) is 19.1. The van der Waals surface area contributed by atoms with Crippen molar-refractivity contribution in [2.45, 2.75) is 38.3 Å². The molecule has 2 aromatic rings. The summed E-state index contributed by atoms with van der Waals surface area (Å²) in [5.74, 6) is 0.0832. The summed E-state index contributed by atoms with van der Waals surface area (Å²) in [6, 6.07) is 11.9. The second kappa shape index (κ2) is 10.2. The van der Waals surface area contributed by atoms with Crippen LogP contribution in [-0.2, 0) is 16.4 Å². The number of carbonyl (C=O) groups excluding carboxylic acids is 1. The Kier molecular flexibility index (Phi) is 7.43. The summed E-state index contributed by atoms with van der Waals surface area (Å²) in [7, 11) is 0. The highest BCUT2D eigenvalue weighted by Crippen LogP contribution is 2.38. The van der Waals surface area contributed by atoms with Crippen LogP contribution in [0.2, 0.25) is 0 Å². The molecule has 2 aliphatic heterocycles. The van der Waals surface area contributed by atoms with E-state index in [2.05, 4.69) is 41.8 Å². The van der Waals surface area contributed by atoms with Crippen LogP contribution in [0.4, 0.5) is 18.9 Å². The van der Waals surface area contributed by atoms with E-state index in [4.69, 9.17) is 5.73 Å². The molecule has 190 valence electrons. The van der Waals surface area contributed by atoms with Crippen LogP contribution in [0.5, 0.6) is 0 Å². The predicted octanol–water partition coefficient (Wildman–Crippen LogP) is 3.96. The molecule has 2 fully saturated rings. The number of nitrogens with zero attached hydrogens (tertiary/aromatic N) is 3. The van der Waals surface area contributed by atoms with Gasteiger partial charge in [-0.25, -0.2) is 0 Å². The number of alkyl halides is 3. The molecular formula is C27H35F3N4O. The number of likely N-dealkylation sites (tertiary alicyclic amines) is 1. The van der Waals surface area contributed by atoms with Crippen LogP contribution in [0.25, 0.3) is 0 Å². The van der Waals surface area contributed by atoms with Gasteiger partial charge in [0.25, 0.3) is 0 Å². The van der Waals surface area contributed by atoms with Gasteiger partial charge in [-0.15, -0.1) is 0 Å². The summed E-state index contributed by atoms with van der Waals surface area (Å²) in [4.78, 5) is 19.5. The number of hydrogen-bond donors (Lipinski definition) is 1. The van der Waals surface area contributed by atoms with Crippen molar-refractivity contribution < 1.29 is 18.0 Å². The van der Waals surface area contributed by atoms with Crippen molar-refractivity contribution in [3.05, 3.63) is 64.7 Å². The minimum absolute atomic E-state index is 0.0832. The number of amides is 1. The quantitative estimate of drug-likeness (QED) is 0.692. The van der Waals surface area contributed by atoms with E-state index in [-0.39, 0.29) is 12.5 Å². The van der Waals surface area contributed by atoms with Crippen LogP contribution in [0.3, 0.4) is 0 Å². The maximum Gasteiger partial charge on any atom is 0.416 e. The Labute approximate surface area is 205 Å². The first-order valence-electron chi connectivity index (χ1n) is 12.3. The number of benzene rings is 2. The van der Waals surface area contributed by atoms with Crippen LogP contribution in [0.15, 0.2) is 42.5 Å². The first-order valence-corrected chi connectivity index (χ1v) is 12.3. The summed E-state index contributed by atoms with van der Waals surface area (Å²) < 4.78 is 39.7. The van der Waals surface area contributed by atoms with E-state index in [9.17, 15) is 18.0 Å². The molecule has 5 nitrogen and oxygen atoms in total. The largest absolute Gasteiger partial charge is 0.416 e. The summed E-state index contributed by atoms with van der Waals surface area (Å²) in [5, 5.41) is 0. The van der Waals surface area contributed by atoms with Crippen LogP contribution < -0.4 is 10.6 Å². The second-order valence-corrected chi connectivity index (χ2v) is 9.93. The van der Waals surface area contributed by atoms with Gasteiger partial charge in [0.05, 0.1) is 12.1 Å². The standard InChI is InChI=1S/C27H35F3N4O/c1-20-5-3-8-24(21(20)2)33-15-13-32(14-16-33)18-25(35)34-11-9-26(19-31,10-12-34)22-6-4-7-23(17-22)27(28,29)30/h3-8,17H,9-16,18-19,31H2,1-2H3. The number of aryl methyl sites for hydroxylation is 1. The van der Waals surface area contributed by atoms with Gasteiger partial charge in [0.2, 0.25) is 5.91 Å². The van der Waals surface area contributed by atoms with E-state index in [1.807, 2.05) is 4.90 Å². The number of nitrogens with two attached hydrogens (primary N) is 1. The first kappa shape index (κ1) is 25.5. The van der Waals surface area contributed by atoms with Crippen molar-refractivity contribution in [1.82, 2.24) is 9.80 Å². The smallest absolute Gasteiger partial charge is 0.369 e. The number of piperazine rings is 1. The topological polar surface area (TPSA) is 52.8 Å². The van der Waals surface area contributed by atoms with Crippen LogP contribution >= 0.6 is 0 Å². The average Bonchev–Trinajstić information content (AvgIpc) is 2.86. The van der Waals surface area contributed by atoms with E-state index >= 15 is 0 Å². The summed E-state index contributed by atoms with van der Waals surface area (Å²) in [5.41, 5.74) is 9.36. The second-order valence-electron chi connectivity index (χ2n) is 9.93. The van der Waals surface area contributed by atoms with E-state index in [1.165, 1.54) is 28.9 Å². The molecule has 0 aromatic heterocycles. The number of anilines is 1. The number of halogens is 3. The molecule has 0 unspecified atom stereocenters. The summed E-state index contributed by atoms with van der Waals surface area (Å²) in [6.07, 6.45) is -3.25. The van der Waals surface area contributed by atoms with Crippen LogP contribution in [-0.4, -0.2) is 68.1 Å². The molecule has 1 amide bonds. The molecule has 2 heterocycles. The number of piperidine rings is 1. The molecule has 4 rings (SSSR count). The minimum Gasteiger partial charge on any atom is -0.369 e. The van der Waals surface area contributed by atoms with Gasteiger partial charge in [-0.2, -0.15) is 13.2 Å². The number of carbonyl (C=O) groups is 1. The molecule has 35 heavy (non-hydrogen) atoms. The Balaban J connectivity index is 1.32. The molecule has 2 saturated heterocycles. The molecule has 2 aliphatic rings. The lowest BCUT2D eigenvalue weighted by Gasteiger charge is -2.43. The SMILES string of the molecule is Cc1cccc(N2CCN(CC(=O)N3CCC(CN)(c4cccc(C(F)(F)F)c4)CC3)CC2)c1C. The van der Waals surface area contributed by atoms with Crippen molar-refractivity contribution in [2.75, 3.05) is 57.3 Å². The average molecular weight is 489 g/mol. The Morgan fingerprint density at radius 1 is 0.971 bits per heavy atom. The van der Waals surface area contributed by atoms with Crippen molar-refractivity contribution in [3.8, 4) is 0 Å². The molecular weight excluding hydrogens is 453 g/mol. The van der Waals surface area contributed by atoms with E-state index in [0.717, 1.165) is 32.2 Å². The zero-order valence-corrected chi connectivity index (χ0v) is 20.6. The third-order valence-electron chi connectivity index (χ3n) is 7.91. The molecule has 0 spiro atoms. The Morgan fingerprint density at radius 3 is 2.26 bits per heavy atom. The molecule has 0 radical (unpaired) electrons. The highest BCUT2D eigenvalue weighted by atomic mass is 19.4. The van der Waals surface area contributed by atoms with Gasteiger partial charge in [-0.1, -0.05) is 30.3 Å². The Bertz CT molecular complexity index is 1040. The van der Waals surface area contributed by atoms with Gasteiger partial charge in [-0.3, -0.25) is 9.69 Å². The van der Waals surface area contributed by atoms with Crippen molar-refractivity contribution >= 4 is 11.6 Å². The number of hydrogen-bond acceptors (Lipinski definition) is 4. The third-order valence-corrected chi connectivity index (χ3v) is 7.91. The summed E-state index contributed by atoms with van der Waals surface area (Å²) in [6.45, 7) is 9.33. The fourth-order valence-corrected chi connectivity index (χ4v) is 5.34. The van der Waals surface area contributed by atoms with E-state index < -0.39 is 17.2 Å². The maximum absolute atomic E-state index is 13.2. The molecule has 2 N–H and O–H groups in total. The van der Waals surface area contributed by atoms with Gasteiger partial charge in [0.15, 0.2) is 0 Å². The van der Waals surface area contributed by atoms with Crippen molar-refractivity contribution in [2.24, 2.45) is 5.73 Å². The molecule has 0 saturated carbocycles. The van der Waals surface area contributed by atoms with Crippen LogP contribution in [0, 0.1) is 13.8 Å². The van der Waals surface area contributed by atoms with Crippen molar-refractivity contribution in [3.63, 3.8) is 0 Å². The van der Waals surface area contributed by atoms with Gasteiger partial charge < -0.3 is 15.5 Å². The maximum atomic E-state index is 13.2.